The first-order valence-corrected chi connectivity index (χ1v) is 17.6. The standard InChI is InChI=1S/C29H43N5O4S.C2HF3O2/c1-21(2)34-27-9-5-4-8-22(27)18-26(29(34)36)28(35)30-23-19-24-10-11-25(20-23)33(24)13-7-6-12-31-14-16-32(17-15-31)39(3,37)38;3-2(4,5)1(6)7/h4-5,8-9,18,21,23-25H,6-7,10-17,19-20H2,1-3H3,(H,30,35);(H,6,7)/t23?,24-,25+;. The molecule has 2 N–H and O–H groups in total. The van der Waals surface area contributed by atoms with Gasteiger partial charge in [-0.25, -0.2) is 13.2 Å². The summed E-state index contributed by atoms with van der Waals surface area (Å²) in [5.41, 5.74) is 0.866. The lowest BCUT2D eigenvalue weighted by molar-refractivity contribution is -0.192. The van der Waals surface area contributed by atoms with Gasteiger partial charge in [0.15, 0.2) is 0 Å². The highest BCUT2D eigenvalue weighted by Crippen LogP contribution is 2.36. The second kappa shape index (κ2) is 14.8. The van der Waals surface area contributed by atoms with Gasteiger partial charge in [-0.2, -0.15) is 17.5 Å². The number of carbonyl (C=O) groups is 2. The quantitative estimate of drug-likeness (QED) is 0.389. The Hall–Kier alpha value is -3.01. The average molecular weight is 672 g/mol. The molecule has 1 aromatic heterocycles. The maximum atomic E-state index is 13.3. The van der Waals surface area contributed by atoms with Gasteiger partial charge in [0.1, 0.15) is 5.56 Å². The number of alkyl halides is 3. The number of aromatic nitrogens is 1. The number of rotatable bonds is 9. The van der Waals surface area contributed by atoms with Gasteiger partial charge in [0.05, 0.1) is 11.8 Å². The van der Waals surface area contributed by atoms with Gasteiger partial charge in [-0.05, 0) is 83.0 Å². The molecule has 0 aliphatic carbocycles. The molecular weight excluding hydrogens is 627 g/mol. The minimum absolute atomic E-state index is 0.0358. The monoisotopic (exact) mass is 671 g/mol. The van der Waals surface area contributed by atoms with E-state index in [1.807, 2.05) is 38.1 Å². The number of hydrogen-bond donors (Lipinski definition) is 2. The molecule has 2 bridgehead atoms. The van der Waals surface area contributed by atoms with Gasteiger partial charge < -0.3 is 19.9 Å². The van der Waals surface area contributed by atoms with Crippen LogP contribution < -0.4 is 10.9 Å². The van der Waals surface area contributed by atoms with Gasteiger partial charge in [-0.3, -0.25) is 14.5 Å². The first-order chi connectivity index (χ1) is 21.6. The van der Waals surface area contributed by atoms with E-state index in [4.69, 9.17) is 9.90 Å². The summed E-state index contributed by atoms with van der Waals surface area (Å²) < 4.78 is 58.5. The summed E-state index contributed by atoms with van der Waals surface area (Å²) in [7, 11) is -3.08. The van der Waals surface area contributed by atoms with Gasteiger partial charge in [-0.1, -0.05) is 18.2 Å². The van der Waals surface area contributed by atoms with Crippen molar-refractivity contribution in [2.45, 2.75) is 82.7 Å². The zero-order valence-corrected chi connectivity index (χ0v) is 27.3. The molecule has 1 unspecified atom stereocenters. The lowest BCUT2D eigenvalue weighted by Gasteiger charge is -2.39. The zero-order valence-electron chi connectivity index (χ0n) is 26.5. The Morgan fingerprint density at radius 3 is 2.11 bits per heavy atom. The number of amides is 1. The Morgan fingerprint density at radius 1 is 1.00 bits per heavy atom. The van der Waals surface area contributed by atoms with Crippen molar-refractivity contribution in [1.82, 2.24) is 24.0 Å². The molecule has 3 saturated heterocycles. The third kappa shape index (κ3) is 8.87. The van der Waals surface area contributed by atoms with Crippen molar-refractivity contribution >= 4 is 32.8 Å². The Morgan fingerprint density at radius 2 is 1.57 bits per heavy atom. The number of unbranched alkanes of at least 4 members (excludes halogenated alkanes) is 1. The number of piperidine rings is 1. The number of fused-ring (bicyclic) bond motifs is 3. The van der Waals surface area contributed by atoms with Crippen molar-refractivity contribution in [3.8, 4) is 0 Å². The van der Waals surface area contributed by atoms with Crippen molar-refractivity contribution in [2.24, 2.45) is 0 Å². The Kier molecular flexibility index (Phi) is 11.5. The van der Waals surface area contributed by atoms with Crippen LogP contribution in [0.25, 0.3) is 10.9 Å². The Bertz CT molecular complexity index is 1540. The lowest BCUT2D eigenvalue weighted by Crippen LogP contribution is -2.51. The second-order valence-corrected chi connectivity index (χ2v) is 14.6. The van der Waals surface area contributed by atoms with Gasteiger partial charge >= 0.3 is 12.1 Å². The van der Waals surface area contributed by atoms with Crippen LogP contribution in [0.5, 0.6) is 0 Å². The fourth-order valence-electron chi connectivity index (χ4n) is 6.90. The van der Waals surface area contributed by atoms with Crippen LogP contribution in [0, 0.1) is 0 Å². The van der Waals surface area contributed by atoms with E-state index in [0.717, 1.165) is 62.8 Å². The predicted octanol–water partition coefficient (Wildman–Crippen LogP) is 3.30. The van der Waals surface area contributed by atoms with Crippen molar-refractivity contribution in [1.29, 1.82) is 0 Å². The summed E-state index contributed by atoms with van der Waals surface area (Å²) in [5.74, 6) is -3.01. The number of halogens is 3. The molecule has 0 spiro atoms. The zero-order chi connectivity index (χ0) is 33.8. The number of para-hydroxylation sites is 1. The summed E-state index contributed by atoms with van der Waals surface area (Å²) in [4.78, 5) is 40.5. The highest BCUT2D eigenvalue weighted by Gasteiger charge is 2.41. The van der Waals surface area contributed by atoms with Crippen LogP contribution in [-0.2, 0) is 14.8 Å². The normalized spacial score (nSPS) is 22.9. The minimum Gasteiger partial charge on any atom is -0.475 e. The van der Waals surface area contributed by atoms with Crippen molar-refractivity contribution in [2.75, 3.05) is 45.5 Å². The highest BCUT2D eigenvalue weighted by molar-refractivity contribution is 7.88. The number of piperazine rings is 1. The molecule has 11 nitrogen and oxygen atoms in total. The van der Waals surface area contributed by atoms with E-state index in [-0.39, 0.29) is 29.1 Å². The van der Waals surface area contributed by atoms with E-state index >= 15 is 0 Å². The van der Waals surface area contributed by atoms with E-state index in [1.165, 1.54) is 19.1 Å². The number of benzene rings is 1. The van der Waals surface area contributed by atoms with Gasteiger partial charge in [-0.15, -0.1) is 0 Å². The second-order valence-electron chi connectivity index (χ2n) is 12.7. The molecule has 4 heterocycles. The van der Waals surface area contributed by atoms with E-state index in [0.29, 0.717) is 25.2 Å². The first-order valence-electron chi connectivity index (χ1n) is 15.7. The third-order valence-electron chi connectivity index (χ3n) is 9.11. The molecule has 0 radical (unpaired) electrons. The smallest absolute Gasteiger partial charge is 0.475 e. The molecule has 1 amide bonds. The number of carbonyl (C=O) groups excluding carboxylic acids is 1. The Balaban J connectivity index is 0.000000617. The largest absolute Gasteiger partial charge is 0.490 e. The number of pyridine rings is 1. The average Bonchev–Trinajstić information content (AvgIpc) is 3.21. The number of hydrogen-bond acceptors (Lipinski definition) is 7. The van der Waals surface area contributed by atoms with Crippen LogP contribution in [0.15, 0.2) is 35.1 Å². The van der Waals surface area contributed by atoms with Crippen LogP contribution in [-0.4, -0.2) is 114 Å². The van der Waals surface area contributed by atoms with E-state index in [9.17, 15) is 31.2 Å². The summed E-state index contributed by atoms with van der Waals surface area (Å²) in [5, 5.41) is 11.3. The molecule has 1 aromatic carbocycles. The predicted molar refractivity (Wildman–Crippen MR) is 168 cm³/mol. The van der Waals surface area contributed by atoms with Crippen LogP contribution in [0.3, 0.4) is 0 Å². The number of carboxylic acids is 1. The summed E-state index contributed by atoms with van der Waals surface area (Å²) in [6.45, 7) is 8.83. The van der Waals surface area contributed by atoms with Crippen LogP contribution >= 0.6 is 0 Å². The molecule has 5 rings (SSSR count). The van der Waals surface area contributed by atoms with Crippen molar-refractivity contribution < 1.29 is 36.3 Å². The number of nitrogens with zero attached hydrogens (tertiary/aromatic N) is 4. The maximum absolute atomic E-state index is 13.3. The van der Waals surface area contributed by atoms with Gasteiger partial charge in [0.25, 0.3) is 11.5 Å². The van der Waals surface area contributed by atoms with Gasteiger partial charge in [0, 0.05) is 50.3 Å². The molecule has 15 heteroatoms. The molecule has 256 valence electrons. The minimum atomic E-state index is -5.08. The molecule has 3 aliphatic rings. The fourth-order valence-corrected chi connectivity index (χ4v) is 7.72. The van der Waals surface area contributed by atoms with E-state index in [1.54, 1.807) is 14.9 Å². The topological polar surface area (TPSA) is 132 Å². The first kappa shape index (κ1) is 35.8. The van der Waals surface area contributed by atoms with Gasteiger partial charge in [0.2, 0.25) is 10.0 Å². The van der Waals surface area contributed by atoms with E-state index in [2.05, 4.69) is 15.1 Å². The number of sulfonamides is 1. The Labute approximate surface area is 267 Å². The SMILES string of the molecule is CC(C)n1c(=O)c(C(=O)NC2C[C@H]3CC[C@@H](C2)N3CCCCN2CCN(S(C)(=O)=O)CC2)cc2ccccc21.O=C(O)C(F)(F)F. The lowest BCUT2D eigenvalue weighted by atomic mass is 9.96. The number of nitrogens with one attached hydrogen (secondary N) is 1. The third-order valence-corrected chi connectivity index (χ3v) is 10.4. The maximum Gasteiger partial charge on any atom is 0.490 e. The molecule has 3 fully saturated rings. The highest BCUT2D eigenvalue weighted by atomic mass is 32.2. The molecular formula is C31H44F3N5O6S. The molecule has 0 saturated carbocycles. The van der Waals surface area contributed by atoms with E-state index < -0.39 is 22.2 Å². The van der Waals surface area contributed by atoms with Crippen LogP contribution in [0.4, 0.5) is 13.2 Å². The van der Waals surface area contributed by atoms with Crippen molar-refractivity contribution in [3.63, 3.8) is 0 Å². The number of carboxylic acid groups (broad SMARTS) is 1. The fraction of sp³-hybridized carbons (Fsp3) is 0.645. The van der Waals surface area contributed by atoms with Crippen molar-refractivity contribution in [3.05, 3.63) is 46.2 Å². The number of aliphatic carboxylic acids is 1. The summed E-state index contributed by atoms with van der Waals surface area (Å²) in [6, 6.07) is 10.5. The molecule has 2 aromatic rings. The molecule has 3 atom stereocenters. The van der Waals surface area contributed by atoms with Crippen LogP contribution in [0.2, 0.25) is 0 Å². The molecule has 46 heavy (non-hydrogen) atoms. The summed E-state index contributed by atoms with van der Waals surface area (Å²) in [6.07, 6.45) is 2.64. The molecule has 3 aliphatic heterocycles. The van der Waals surface area contributed by atoms with Crippen LogP contribution in [0.1, 0.15) is 68.8 Å². The summed E-state index contributed by atoms with van der Waals surface area (Å²) >= 11 is 0.